The number of ether oxygens (including phenoxy) is 1. The zero-order valence-electron chi connectivity index (χ0n) is 18.9. The molecule has 1 aliphatic rings. The quantitative estimate of drug-likeness (QED) is 0.255. The van der Waals surface area contributed by atoms with Crippen LogP contribution in [0.15, 0.2) is 95.4 Å². The molecule has 35 heavy (non-hydrogen) atoms. The number of methoxy groups -OCH3 is 1. The van der Waals surface area contributed by atoms with Gasteiger partial charge >= 0.3 is 0 Å². The lowest BCUT2D eigenvalue weighted by Gasteiger charge is -2.21. The fourth-order valence-corrected chi connectivity index (χ4v) is 5.35. The predicted octanol–water partition coefficient (Wildman–Crippen LogP) is 7.38. The molecule has 0 N–H and O–H groups in total. The molecule has 0 saturated heterocycles. The van der Waals surface area contributed by atoms with Crippen molar-refractivity contribution in [2.24, 2.45) is 5.10 Å². The molecule has 0 unspecified atom stereocenters. The predicted molar refractivity (Wildman–Crippen MR) is 144 cm³/mol. The van der Waals surface area contributed by atoms with Crippen LogP contribution in [0.3, 0.4) is 0 Å². The highest BCUT2D eigenvalue weighted by Crippen LogP contribution is 2.39. The summed E-state index contributed by atoms with van der Waals surface area (Å²) in [6, 6.07) is 28.1. The third-order valence-corrected chi connectivity index (χ3v) is 7.31. The van der Waals surface area contributed by atoms with Crippen molar-refractivity contribution in [3.8, 4) is 17.0 Å². The van der Waals surface area contributed by atoms with Crippen LogP contribution in [0.1, 0.15) is 22.9 Å². The molecule has 7 heteroatoms. The largest absolute Gasteiger partial charge is 0.497 e. The smallest absolute Gasteiger partial charge is 0.247 e. The van der Waals surface area contributed by atoms with E-state index in [1.54, 1.807) is 18.4 Å². The average molecular weight is 497 g/mol. The van der Waals surface area contributed by atoms with Gasteiger partial charge in [0, 0.05) is 27.3 Å². The molecule has 0 radical (unpaired) electrons. The van der Waals surface area contributed by atoms with Gasteiger partial charge in [0.1, 0.15) is 5.75 Å². The SMILES string of the molecule is COc1ccc(C2=NN(c3nc(-c4ccccc4)c4cc(Cl)ccc4n3)[C@H](c3cccs3)C2)cc1. The first kappa shape index (κ1) is 21.8. The van der Waals surface area contributed by atoms with Crippen LogP contribution in [0.25, 0.3) is 22.2 Å². The molecule has 0 amide bonds. The van der Waals surface area contributed by atoms with E-state index in [0.29, 0.717) is 11.0 Å². The summed E-state index contributed by atoms with van der Waals surface area (Å²) < 4.78 is 5.33. The number of hydrogen-bond acceptors (Lipinski definition) is 6. The molecule has 5 nitrogen and oxygen atoms in total. The van der Waals surface area contributed by atoms with Crippen molar-refractivity contribution >= 4 is 45.5 Å². The molecular weight excluding hydrogens is 476 g/mol. The first-order valence-corrected chi connectivity index (χ1v) is 12.5. The van der Waals surface area contributed by atoms with Crippen LogP contribution < -0.4 is 9.75 Å². The normalized spacial score (nSPS) is 15.4. The lowest BCUT2D eigenvalue weighted by Crippen LogP contribution is -2.20. The number of halogens is 1. The van der Waals surface area contributed by atoms with E-state index in [9.17, 15) is 0 Å². The van der Waals surface area contributed by atoms with Crippen molar-refractivity contribution in [1.82, 2.24) is 9.97 Å². The lowest BCUT2D eigenvalue weighted by atomic mass is 10.0. The molecule has 172 valence electrons. The molecule has 0 bridgehead atoms. The summed E-state index contributed by atoms with van der Waals surface area (Å²) in [5, 5.41) is 10.7. The Labute approximate surface area is 212 Å². The van der Waals surface area contributed by atoms with Gasteiger partial charge in [-0.15, -0.1) is 11.3 Å². The van der Waals surface area contributed by atoms with Crippen LogP contribution in [0.2, 0.25) is 5.02 Å². The second-order valence-electron chi connectivity index (χ2n) is 8.25. The van der Waals surface area contributed by atoms with Crippen LogP contribution >= 0.6 is 22.9 Å². The van der Waals surface area contributed by atoms with Crippen molar-refractivity contribution in [3.63, 3.8) is 0 Å². The first-order chi connectivity index (χ1) is 17.2. The van der Waals surface area contributed by atoms with Crippen molar-refractivity contribution in [1.29, 1.82) is 0 Å². The van der Waals surface area contributed by atoms with E-state index in [-0.39, 0.29) is 6.04 Å². The second-order valence-corrected chi connectivity index (χ2v) is 9.67. The van der Waals surface area contributed by atoms with E-state index in [1.165, 1.54) is 4.88 Å². The molecule has 0 saturated carbocycles. The third kappa shape index (κ3) is 4.16. The average Bonchev–Trinajstić information content (AvgIpc) is 3.59. The second kappa shape index (κ2) is 9.13. The van der Waals surface area contributed by atoms with Crippen LogP contribution in [-0.2, 0) is 0 Å². The number of nitrogens with zero attached hydrogens (tertiary/aromatic N) is 4. The molecule has 6 rings (SSSR count). The molecule has 3 heterocycles. The summed E-state index contributed by atoms with van der Waals surface area (Å²) in [6.45, 7) is 0. The monoisotopic (exact) mass is 496 g/mol. The summed E-state index contributed by atoms with van der Waals surface area (Å²) in [4.78, 5) is 11.2. The highest BCUT2D eigenvalue weighted by atomic mass is 35.5. The van der Waals surface area contributed by atoms with Gasteiger partial charge in [-0.3, -0.25) is 0 Å². The van der Waals surface area contributed by atoms with E-state index >= 15 is 0 Å². The molecule has 0 aliphatic carbocycles. The van der Waals surface area contributed by atoms with Gasteiger partial charge in [-0.2, -0.15) is 5.10 Å². The standard InChI is InChI=1S/C28H21ClN4OS/c1-34-21-12-9-18(10-13-21)24-17-25(26-8-5-15-35-26)33(32-24)28-30-23-14-11-20(29)16-22(23)27(31-28)19-6-3-2-4-7-19/h2-16,25H,17H2,1H3/t25-/m0/s1. The zero-order valence-corrected chi connectivity index (χ0v) is 20.5. The molecule has 0 spiro atoms. The molecule has 3 aromatic carbocycles. The molecular formula is C28H21ClN4OS. The number of hydrogen-bond donors (Lipinski definition) is 0. The first-order valence-electron chi connectivity index (χ1n) is 11.3. The number of thiophene rings is 1. The fraction of sp³-hybridized carbons (Fsp3) is 0.107. The maximum Gasteiger partial charge on any atom is 0.247 e. The molecule has 1 aliphatic heterocycles. The van der Waals surface area contributed by atoms with Crippen molar-refractivity contribution < 1.29 is 4.74 Å². The lowest BCUT2D eigenvalue weighted by molar-refractivity contribution is 0.415. The third-order valence-electron chi connectivity index (χ3n) is 6.10. The molecule has 1 atom stereocenters. The van der Waals surface area contributed by atoms with E-state index in [0.717, 1.165) is 45.6 Å². The van der Waals surface area contributed by atoms with Gasteiger partial charge in [0.15, 0.2) is 0 Å². The summed E-state index contributed by atoms with van der Waals surface area (Å²) in [5.41, 5.74) is 4.73. The Bertz CT molecular complexity index is 1520. The Balaban J connectivity index is 1.51. The molecule has 5 aromatic rings. The maximum atomic E-state index is 6.35. The minimum absolute atomic E-state index is 0.0143. The Morgan fingerprint density at radius 2 is 1.74 bits per heavy atom. The molecule has 0 fully saturated rings. The van der Waals surface area contributed by atoms with Crippen molar-refractivity contribution in [3.05, 3.63) is 106 Å². The van der Waals surface area contributed by atoms with E-state index in [2.05, 4.69) is 29.6 Å². The van der Waals surface area contributed by atoms with Crippen LogP contribution in [0.4, 0.5) is 5.95 Å². The van der Waals surface area contributed by atoms with Gasteiger partial charge in [-0.25, -0.2) is 15.0 Å². The highest BCUT2D eigenvalue weighted by molar-refractivity contribution is 7.10. The van der Waals surface area contributed by atoms with Crippen LogP contribution in [0, 0.1) is 0 Å². The minimum atomic E-state index is 0.0143. The van der Waals surface area contributed by atoms with Gasteiger partial charge in [0.25, 0.3) is 0 Å². The highest BCUT2D eigenvalue weighted by Gasteiger charge is 2.33. The Kier molecular flexibility index (Phi) is 5.68. The van der Waals surface area contributed by atoms with E-state index in [1.807, 2.05) is 65.7 Å². The Morgan fingerprint density at radius 1 is 0.914 bits per heavy atom. The van der Waals surface area contributed by atoms with Crippen LogP contribution in [-0.4, -0.2) is 22.8 Å². The summed E-state index contributed by atoms with van der Waals surface area (Å²) in [6.07, 6.45) is 0.759. The van der Waals surface area contributed by atoms with E-state index in [4.69, 9.17) is 31.4 Å². The van der Waals surface area contributed by atoms with Gasteiger partial charge in [0.05, 0.1) is 30.1 Å². The van der Waals surface area contributed by atoms with Gasteiger partial charge in [0.2, 0.25) is 5.95 Å². The summed E-state index contributed by atoms with van der Waals surface area (Å²) >= 11 is 8.07. The Hall–Kier alpha value is -3.74. The minimum Gasteiger partial charge on any atom is -0.497 e. The number of anilines is 1. The number of fused-ring (bicyclic) bond motifs is 1. The Morgan fingerprint density at radius 3 is 2.49 bits per heavy atom. The summed E-state index contributed by atoms with van der Waals surface area (Å²) in [5.74, 6) is 1.39. The van der Waals surface area contributed by atoms with Crippen LogP contribution in [0.5, 0.6) is 5.75 Å². The van der Waals surface area contributed by atoms with E-state index < -0.39 is 0 Å². The van der Waals surface area contributed by atoms with Crippen molar-refractivity contribution in [2.75, 3.05) is 12.1 Å². The number of rotatable bonds is 5. The zero-order chi connectivity index (χ0) is 23.8. The number of benzene rings is 3. The topological polar surface area (TPSA) is 50.6 Å². The fourth-order valence-electron chi connectivity index (χ4n) is 4.36. The number of hydrazone groups is 1. The molecule has 2 aromatic heterocycles. The van der Waals surface area contributed by atoms with Crippen molar-refractivity contribution in [2.45, 2.75) is 12.5 Å². The van der Waals surface area contributed by atoms with Gasteiger partial charge < -0.3 is 4.74 Å². The van der Waals surface area contributed by atoms with Gasteiger partial charge in [-0.1, -0.05) is 48.0 Å². The number of aromatic nitrogens is 2. The maximum absolute atomic E-state index is 6.35. The van der Waals surface area contributed by atoms with Gasteiger partial charge in [-0.05, 0) is 59.5 Å². The summed E-state index contributed by atoms with van der Waals surface area (Å²) in [7, 11) is 1.67.